The molecule has 2 saturated heterocycles. The number of benzene rings is 1. The number of aryl methyl sites for hydroxylation is 1. The number of rotatable bonds is 4. The van der Waals surface area contributed by atoms with Gasteiger partial charge >= 0.3 is 0 Å². The zero-order valence-electron chi connectivity index (χ0n) is 15.7. The van der Waals surface area contributed by atoms with Crippen LogP contribution in [0.3, 0.4) is 0 Å². The second-order valence-corrected chi connectivity index (χ2v) is 9.25. The molecular formula is C19H29N3O3S. The Morgan fingerprint density at radius 1 is 0.923 bits per heavy atom. The van der Waals surface area contributed by atoms with Gasteiger partial charge in [-0.2, -0.15) is 4.31 Å². The Morgan fingerprint density at radius 3 is 2.08 bits per heavy atom. The van der Waals surface area contributed by atoms with E-state index in [9.17, 15) is 13.2 Å². The molecule has 0 aromatic heterocycles. The molecule has 1 aromatic rings. The monoisotopic (exact) mass is 379 g/mol. The molecule has 1 amide bonds. The number of nitrogens with zero attached hydrogens (tertiary/aromatic N) is 3. The van der Waals surface area contributed by atoms with Gasteiger partial charge in [0, 0.05) is 39.3 Å². The molecule has 2 heterocycles. The Hall–Kier alpha value is -1.44. The van der Waals surface area contributed by atoms with E-state index in [0.717, 1.165) is 31.5 Å². The van der Waals surface area contributed by atoms with E-state index in [-0.39, 0.29) is 11.9 Å². The first kappa shape index (κ1) is 19.3. The fraction of sp³-hybridized carbons (Fsp3) is 0.632. The van der Waals surface area contributed by atoms with Crippen LogP contribution in [-0.2, 0) is 14.8 Å². The Morgan fingerprint density at radius 2 is 1.50 bits per heavy atom. The van der Waals surface area contributed by atoms with Crippen molar-refractivity contribution in [2.45, 2.75) is 44.0 Å². The molecule has 26 heavy (non-hydrogen) atoms. The van der Waals surface area contributed by atoms with Gasteiger partial charge in [-0.05, 0) is 45.2 Å². The standard InChI is InChI=1S/C19H29N3O3S/c1-16-6-8-18(9-7-16)26(24,25)22-14-12-20(13-15-22)17(2)19(23)21-10-4-3-5-11-21/h6-9,17H,3-5,10-15H2,1-2H3/t17-/m1/s1. The third-order valence-electron chi connectivity index (χ3n) is 5.50. The predicted molar refractivity (Wildman–Crippen MR) is 101 cm³/mol. The number of amides is 1. The van der Waals surface area contributed by atoms with Crippen LogP contribution in [0.2, 0.25) is 0 Å². The van der Waals surface area contributed by atoms with Gasteiger partial charge in [-0.15, -0.1) is 0 Å². The Bertz CT molecular complexity index is 719. The lowest BCUT2D eigenvalue weighted by Crippen LogP contribution is -2.55. The van der Waals surface area contributed by atoms with Crippen molar-refractivity contribution in [2.75, 3.05) is 39.3 Å². The number of carbonyl (C=O) groups excluding carboxylic acids is 1. The van der Waals surface area contributed by atoms with Crippen LogP contribution in [0.15, 0.2) is 29.2 Å². The molecule has 0 bridgehead atoms. The summed E-state index contributed by atoms with van der Waals surface area (Å²) in [5.74, 6) is 0.180. The average Bonchev–Trinajstić information content (AvgIpc) is 2.68. The summed E-state index contributed by atoms with van der Waals surface area (Å²) < 4.78 is 27.1. The van der Waals surface area contributed by atoms with Gasteiger partial charge in [0.15, 0.2) is 0 Å². The van der Waals surface area contributed by atoms with E-state index in [1.54, 1.807) is 12.1 Å². The van der Waals surface area contributed by atoms with Gasteiger partial charge in [-0.3, -0.25) is 9.69 Å². The molecule has 0 N–H and O–H groups in total. The fourth-order valence-electron chi connectivity index (χ4n) is 3.73. The number of sulfonamides is 1. The van der Waals surface area contributed by atoms with Gasteiger partial charge < -0.3 is 4.90 Å². The smallest absolute Gasteiger partial charge is 0.243 e. The number of likely N-dealkylation sites (tertiary alicyclic amines) is 1. The average molecular weight is 380 g/mol. The minimum atomic E-state index is -3.46. The summed E-state index contributed by atoms with van der Waals surface area (Å²) in [6.07, 6.45) is 3.37. The van der Waals surface area contributed by atoms with E-state index in [0.29, 0.717) is 31.1 Å². The van der Waals surface area contributed by atoms with E-state index >= 15 is 0 Å². The van der Waals surface area contributed by atoms with Crippen LogP contribution in [-0.4, -0.2) is 73.7 Å². The highest BCUT2D eigenvalue weighted by atomic mass is 32.2. The largest absolute Gasteiger partial charge is 0.341 e. The van der Waals surface area contributed by atoms with Crippen molar-refractivity contribution in [3.05, 3.63) is 29.8 Å². The SMILES string of the molecule is Cc1ccc(S(=O)(=O)N2CCN([C@H](C)C(=O)N3CCCCC3)CC2)cc1. The summed E-state index contributed by atoms with van der Waals surface area (Å²) in [4.78, 5) is 17.1. The van der Waals surface area contributed by atoms with Crippen LogP contribution in [0.1, 0.15) is 31.7 Å². The maximum atomic E-state index is 12.8. The van der Waals surface area contributed by atoms with Crippen LogP contribution in [0.5, 0.6) is 0 Å². The van der Waals surface area contributed by atoms with Crippen LogP contribution < -0.4 is 0 Å². The molecule has 0 radical (unpaired) electrons. The van der Waals surface area contributed by atoms with Crippen molar-refractivity contribution < 1.29 is 13.2 Å². The molecule has 2 aliphatic heterocycles. The lowest BCUT2D eigenvalue weighted by Gasteiger charge is -2.39. The summed E-state index contributed by atoms with van der Waals surface area (Å²) in [5, 5.41) is 0. The first-order valence-corrected chi connectivity index (χ1v) is 10.9. The minimum absolute atomic E-state index is 0.180. The molecule has 6 nitrogen and oxygen atoms in total. The molecule has 0 unspecified atom stereocenters. The van der Waals surface area contributed by atoms with Crippen molar-refractivity contribution in [3.63, 3.8) is 0 Å². The van der Waals surface area contributed by atoms with Crippen molar-refractivity contribution in [1.82, 2.24) is 14.1 Å². The van der Waals surface area contributed by atoms with Gasteiger partial charge in [-0.1, -0.05) is 17.7 Å². The second kappa shape index (κ2) is 8.06. The molecule has 3 rings (SSSR count). The van der Waals surface area contributed by atoms with Crippen LogP contribution in [0.4, 0.5) is 0 Å². The Labute approximate surface area is 156 Å². The molecule has 2 aliphatic rings. The predicted octanol–water partition coefficient (Wildman–Crippen LogP) is 1.70. The number of hydrogen-bond acceptors (Lipinski definition) is 4. The molecular weight excluding hydrogens is 350 g/mol. The highest BCUT2D eigenvalue weighted by Crippen LogP contribution is 2.20. The van der Waals surface area contributed by atoms with E-state index in [1.807, 2.05) is 30.9 Å². The van der Waals surface area contributed by atoms with Gasteiger partial charge in [0.2, 0.25) is 15.9 Å². The molecule has 1 atom stereocenters. The van der Waals surface area contributed by atoms with Crippen molar-refractivity contribution >= 4 is 15.9 Å². The first-order chi connectivity index (χ1) is 12.4. The zero-order chi connectivity index (χ0) is 18.7. The summed E-state index contributed by atoms with van der Waals surface area (Å²) in [6, 6.07) is 6.79. The number of piperazine rings is 1. The van der Waals surface area contributed by atoms with E-state index < -0.39 is 10.0 Å². The highest BCUT2D eigenvalue weighted by Gasteiger charge is 2.33. The molecule has 144 valence electrons. The second-order valence-electron chi connectivity index (χ2n) is 7.32. The highest BCUT2D eigenvalue weighted by molar-refractivity contribution is 7.89. The lowest BCUT2D eigenvalue weighted by molar-refractivity contribution is -0.137. The Balaban J connectivity index is 1.59. The van der Waals surface area contributed by atoms with Crippen LogP contribution in [0.25, 0.3) is 0 Å². The minimum Gasteiger partial charge on any atom is -0.341 e. The fourth-order valence-corrected chi connectivity index (χ4v) is 5.15. The normalized spacial score (nSPS) is 21.5. The molecule has 1 aromatic carbocycles. The van der Waals surface area contributed by atoms with E-state index in [1.165, 1.54) is 10.7 Å². The summed E-state index contributed by atoms with van der Waals surface area (Å²) in [6.45, 7) is 7.62. The molecule has 0 aliphatic carbocycles. The summed E-state index contributed by atoms with van der Waals surface area (Å²) >= 11 is 0. The third kappa shape index (κ3) is 4.10. The topological polar surface area (TPSA) is 60.9 Å². The van der Waals surface area contributed by atoms with E-state index in [2.05, 4.69) is 4.90 Å². The molecule has 7 heteroatoms. The van der Waals surface area contributed by atoms with Gasteiger partial charge in [0.1, 0.15) is 0 Å². The summed E-state index contributed by atoms with van der Waals surface area (Å²) in [5.41, 5.74) is 1.04. The zero-order valence-corrected chi connectivity index (χ0v) is 16.5. The first-order valence-electron chi connectivity index (χ1n) is 9.49. The number of piperidine rings is 1. The maximum Gasteiger partial charge on any atom is 0.243 e. The van der Waals surface area contributed by atoms with Gasteiger partial charge in [0.25, 0.3) is 0 Å². The maximum absolute atomic E-state index is 12.8. The Kier molecular flexibility index (Phi) is 5.99. The van der Waals surface area contributed by atoms with Crippen molar-refractivity contribution in [1.29, 1.82) is 0 Å². The van der Waals surface area contributed by atoms with Gasteiger partial charge in [0.05, 0.1) is 10.9 Å². The number of carbonyl (C=O) groups is 1. The molecule has 2 fully saturated rings. The lowest BCUT2D eigenvalue weighted by atomic mass is 10.1. The molecule has 0 spiro atoms. The van der Waals surface area contributed by atoms with Crippen LogP contribution >= 0.6 is 0 Å². The summed E-state index contributed by atoms with van der Waals surface area (Å²) in [7, 11) is -3.46. The molecule has 0 saturated carbocycles. The quantitative estimate of drug-likeness (QED) is 0.799. The van der Waals surface area contributed by atoms with Crippen molar-refractivity contribution in [3.8, 4) is 0 Å². The number of hydrogen-bond donors (Lipinski definition) is 0. The van der Waals surface area contributed by atoms with E-state index in [4.69, 9.17) is 0 Å². The van der Waals surface area contributed by atoms with Crippen LogP contribution in [0, 0.1) is 6.92 Å². The van der Waals surface area contributed by atoms with Crippen molar-refractivity contribution in [2.24, 2.45) is 0 Å². The third-order valence-corrected chi connectivity index (χ3v) is 7.42. The van der Waals surface area contributed by atoms with Gasteiger partial charge in [-0.25, -0.2) is 8.42 Å².